The number of likely N-dealkylation sites (tertiary alicyclic amines) is 3. The molecule has 4 fully saturated rings. The number of aromatic amines is 1. The van der Waals surface area contributed by atoms with Gasteiger partial charge >= 0.3 is 22.8 Å². The summed E-state index contributed by atoms with van der Waals surface area (Å²) in [6.45, 7) is 12.0. The smallest absolute Gasteiger partial charge is 0.332 e. The van der Waals surface area contributed by atoms with Crippen LogP contribution < -0.4 is 45.0 Å². The molecule has 4 aliphatic heterocycles. The topological polar surface area (TPSA) is 381 Å². The molecule has 39 heteroatoms. The Morgan fingerprint density at radius 3 is 1.21 bits per heavy atom. The Balaban J connectivity index is 0.000000137. The lowest BCUT2D eigenvalue weighted by Gasteiger charge is -2.34. The molecule has 1 unspecified atom stereocenters. The first-order chi connectivity index (χ1) is 56.6. The molecule has 0 saturated carbocycles. The van der Waals surface area contributed by atoms with Crippen LogP contribution in [-0.2, 0) is 82.6 Å². The van der Waals surface area contributed by atoms with Crippen molar-refractivity contribution < 1.29 is 28.7 Å². The number of Topliss-reactive ketones (excluding diaryl/α,β-unsaturated/α-hetero) is 3. The SMILES string of the molecule is Cn1c(=O)c2c(ncn2CC(O)CN2CCC(C(=O)c3ccc(Cl)cc3)CC2)n(C)c1=O.Cn1c(=O)c2c(ncn2CCN2CCC(C(=O)c3cccs3)CC2)n(C)c1=O.Cn1c(=O)c2c(ncn2CCN2CCC(C(=O)c3ncc[nH]3)CC2)n(C)c1=O.Cn1c(=O)c2c(ncn2CCN2CCN(C(=O)c3ccc(F)cc3)CC2)n(C)c1=O. The number of piperidine rings is 3. The number of hydrogen-bond donors (Lipinski definition) is 2. The highest BCUT2D eigenvalue weighted by Crippen LogP contribution is 2.27. The van der Waals surface area contributed by atoms with Gasteiger partial charge in [0.25, 0.3) is 28.1 Å². The maximum absolute atomic E-state index is 13.1. The molecule has 16 rings (SSSR count). The lowest BCUT2D eigenvalue weighted by atomic mass is 9.89. The molecule has 12 aromatic rings. The maximum atomic E-state index is 13.1. The number of H-pyrrole nitrogens is 1. The van der Waals surface area contributed by atoms with E-state index in [0.29, 0.717) is 139 Å². The molecule has 624 valence electrons. The molecule has 1 amide bonds. The average Bonchev–Trinajstić information content (AvgIpc) is 1.58. The van der Waals surface area contributed by atoms with Crippen molar-refractivity contribution in [3.05, 3.63) is 220 Å². The fourth-order valence-electron chi connectivity index (χ4n) is 15.8. The van der Waals surface area contributed by atoms with E-state index in [1.165, 1.54) is 88.4 Å². The van der Waals surface area contributed by atoms with Crippen LogP contribution in [-0.4, -0.2) is 235 Å². The van der Waals surface area contributed by atoms with Gasteiger partial charge in [0, 0.05) is 175 Å². The first kappa shape index (κ1) is 84.4. The molecule has 4 saturated heterocycles. The quantitative estimate of drug-likeness (QED) is 0.103. The molecule has 2 N–H and O–H groups in total. The Bertz CT molecular complexity index is 6010. The lowest BCUT2D eigenvalue weighted by Crippen LogP contribution is -2.49. The van der Waals surface area contributed by atoms with Crippen LogP contribution >= 0.6 is 22.9 Å². The van der Waals surface area contributed by atoms with E-state index in [1.807, 2.05) is 22.1 Å². The van der Waals surface area contributed by atoms with Crippen molar-refractivity contribution in [2.24, 2.45) is 74.1 Å². The number of halogens is 2. The van der Waals surface area contributed by atoms with E-state index < -0.39 is 23.0 Å². The number of aromatic nitrogens is 18. The van der Waals surface area contributed by atoms with Crippen LogP contribution in [0.15, 0.2) is 142 Å². The van der Waals surface area contributed by atoms with Gasteiger partial charge in [0.2, 0.25) is 5.78 Å². The van der Waals surface area contributed by atoms with Gasteiger partial charge in [0.15, 0.2) is 62.0 Å². The number of benzene rings is 2. The van der Waals surface area contributed by atoms with Crippen LogP contribution in [0.3, 0.4) is 0 Å². The second-order valence-corrected chi connectivity index (χ2v) is 31.7. The predicted molar refractivity (Wildman–Crippen MR) is 440 cm³/mol. The molecular weight excluding hydrogens is 1570 g/mol. The number of aliphatic hydroxyl groups excluding tert-OH is 1. The molecule has 0 spiro atoms. The van der Waals surface area contributed by atoms with Crippen LogP contribution in [0, 0.1) is 23.6 Å². The van der Waals surface area contributed by atoms with E-state index in [1.54, 1.807) is 102 Å². The highest BCUT2D eigenvalue weighted by Gasteiger charge is 2.32. The third-order valence-electron chi connectivity index (χ3n) is 23.0. The number of imidazole rings is 5. The molecule has 0 aliphatic carbocycles. The number of aryl methyl sites for hydroxylation is 4. The van der Waals surface area contributed by atoms with Gasteiger partial charge in [-0.15, -0.1) is 11.3 Å². The maximum Gasteiger partial charge on any atom is 0.332 e. The Labute approximate surface area is 681 Å². The van der Waals surface area contributed by atoms with Crippen molar-refractivity contribution in [2.45, 2.75) is 70.8 Å². The van der Waals surface area contributed by atoms with Crippen molar-refractivity contribution in [3.8, 4) is 0 Å². The fraction of sp³-hybridized carbons (Fsp3) is 0.456. The zero-order valence-corrected chi connectivity index (χ0v) is 68.5. The number of β-amino-alcohol motifs (C(OH)–C–C–N with tert-alkyl or cyclic N) is 1. The van der Waals surface area contributed by atoms with Gasteiger partial charge in [0.1, 0.15) is 5.82 Å². The summed E-state index contributed by atoms with van der Waals surface area (Å²) in [5.41, 5.74) is 1.17. The normalized spacial score (nSPS) is 15.9. The van der Waals surface area contributed by atoms with Crippen molar-refractivity contribution in [1.82, 2.24) is 109 Å². The summed E-state index contributed by atoms with van der Waals surface area (Å²) in [5, 5.41) is 13.2. The molecule has 1 atom stereocenters. The molecular formula is C79H95ClFN23O13S. The zero-order valence-electron chi connectivity index (χ0n) is 66.9. The Morgan fingerprint density at radius 2 is 0.814 bits per heavy atom. The lowest BCUT2D eigenvalue weighted by molar-refractivity contribution is 0.0632. The first-order valence-corrected chi connectivity index (χ1v) is 40.3. The molecule has 0 bridgehead atoms. The van der Waals surface area contributed by atoms with E-state index >= 15 is 0 Å². The minimum Gasteiger partial charge on any atom is -0.390 e. The van der Waals surface area contributed by atoms with Crippen LogP contribution in [0.4, 0.5) is 4.39 Å². The second kappa shape index (κ2) is 36.5. The third-order valence-corrected chi connectivity index (χ3v) is 24.1. The summed E-state index contributed by atoms with van der Waals surface area (Å²) in [7, 11) is 12.2. The Kier molecular flexibility index (Phi) is 26.1. The second-order valence-electron chi connectivity index (χ2n) is 30.3. The number of thiophene rings is 1. The summed E-state index contributed by atoms with van der Waals surface area (Å²) in [6.07, 6.45) is 13.6. The van der Waals surface area contributed by atoms with Crippen LogP contribution in [0.5, 0.6) is 0 Å². The van der Waals surface area contributed by atoms with Gasteiger partial charge in [0.05, 0.1) is 42.8 Å². The average molecular weight is 1660 g/mol. The molecule has 2 aromatic carbocycles. The molecule has 36 nitrogen and oxygen atoms in total. The van der Waals surface area contributed by atoms with Gasteiger partial charge in [-0.1, -0.05) is 17.7 Å². The largest absolute Gasteiger partial charge is 0.390 e. The number of aliphatic hydroxyl groups is 1. The van der Waals surface area contributed by atoms with Gasteiger partial charge in [-0.3, -0.25) is 79.8 Å². The van der Waals surface area contributed by atoms with Gasteiger partial charge in [-0.2, -0.15) is 0 Å². The van der Waals surface area contributed by atoms with E-state index in [-0.39, 0.29) is 81.4 Å². The molecule has 10 aromatic heterocycles. The summed E-state index contributed by atoms with van der Waals surface area (Å²) in [5.74, 6) is 0.515. The Morgan fingerprint density at radius 1 is 0.441 bits per heavy atom. The van der Waals surface area contributed by atoms with Crippen LogP contribution in [0.25, 0.3) is 44.7 Å². The predicted octanol–water partition coefficient (Wildman–Crippen LogP) is 1.92. The summed E-state index contributed by atoms with van der Waals surface area (Å²) >= 11 is 7.41. The van der Waals surface area contributed by atoms with Crippen molar-refractivity contribution in [2.75, 3.05) is 91.6 Å². The zero-order chi connectivity index (χ0) is 84.1. The number of rotatable bonds is 20. The van der Waals surface area contributed by atoms with E-state index in [4.69, 9.17) is 11.6 Å². The number of carbonyl (C=O) groups excluding carboxylic acids is 4. The highest BCUT2D eigenvalue weighted by atomic mass is 35.5. The minimum atomic E-state index is -0.724. The van der Waals surface area contributed by atoms with Crippen LogP contribution in [0.1, 0.15) is 79.5 Å². The number of nitrogens with zero attached hydrogens (tertiary/aromatic N) is 22. The number of piperazine rings is 1. The Hall–Kier alpha value is -11.6. The molecule has 0 radical (unpaired) electrons. The van der Waals surface area contributed by atoms with Gasteiger partial charge in [-0.25, -0.2) is 48.5 Å². The van der Waals surface area contributed by atoms with E-state index in [9.17, 15) is 67.0 Å². The standard InChI is InChI=1S/C22H26ClN5O4.C20H23FN6O3.C19H23N5O3S.C18H23N7O3/c1-25-20-18(21(31)26(2)22(25)32)28(13-24-20)12-17(29)11-27-9-7-15(8-10-27)19(30)14-3-5-16(23)6-4-14;1-23-17-16(19(29)24(2)20(23)30)27(13-22-17)12-9-25-7-10-26(11-8-25)18(28)14-3-5-15(21)6-4-14;1-21-17-15(18(26)22(2)19(21)27)24(12-20-17)10-9-23-7-5-13(6-8-23)16(25)14-4-3-11-28-14;1-22-16-13(17(27)23(2)18(22)28)25(11-21-16)10-9-24-7-3-12(4-8-24)14(26)15-19-5-6-20-15/h3-6,13,15,17,29H,7-12H2,1-2H3;3-6,13H,7-12H2,1-2H3;3-4,11-13H,5-10H2,1-2H3;5-6,11-12H,3-4,7-10H2,1-2H3,(H,19,20). The minimum absolute atomic E-state index is 0.00158. The number of ketones is 3. The third kappa shape index (κ3) is 18.0. The van der Waals surface area contributed by atoms with Crippen molar-refractivity contribution in [1.29, 1.82) is 0 Å². The summed E-state index contributed by atoms with van der Waals surface area (Å²) < 4.78 is 29.9. The fourth-order valence-corrected chi connectivity index (χ4v) is 16.7. The number of fused-ring (bicyclic) bond motifs is 4. The van der Waals surface area contributed by atoms with Crippen molar-refractivity contribution >= 4 is 90.9 Å². The number of amides is 1. The van der Waals surface area contributed by atoms with Crippen molar-refractivity contribution in [3.63, 3.8) is 0 Å². The molecule has 14 heterocycles. The molecule has 118 heavy (non-hydrogen) atoms. The number of hydrogen-bond acceptors (Lipinski definition) is 23. The number of carbonyl (C=O) groups is 4. The summed E-state index contributed by atoms with van der Waals surface area (Å²) in [4.78, 5) is 184. The van der Waals surface area contributed by atoms with Crippen LogP contribution in [0.2, 0.25) is 5.02 Å². The monoisotopic (exact) mass is 1660 g/mol. The van der Waals surface area contributed by atoms with Gasteiger partial charge in [-0.05, 0) is 138 Å². The first-order valence-electron chi connectivity index (χ1n) is 39.0. The number of nitrogens with one attached hydrogen (secondary N) is 1. The van der Waals surface area contributed by atoms with E-state index in [0.717, 1.165) is 101 Å². The highest BCUT2D eigenvalue weighted by molar-refractivity contribution is 7.12. The van der Waals surface area contributed by atoms with Gasteiger partial charge < -0.3 is 48.0 Å². The van der Waals surface area contributed by atoms with E-state index in [2.05, 4.69) is 49.5 Å². The summed E-state index contributed by atoms with van der Waals surface area (Å²) in [6, 6.07) is 16.4. The molecule has 4 aliphatic rings.